The van der Waals surface area contributed by atoms with Gasteiger partial charge in [-0.15, -0.1) is 11.3 Å². The molecule has 0 atom stereocenters. The van der Waals surface area contributed by atoms with Crippen LogP contribution in [0.25, 0.3) is 10.1 Å². The molecule has 0 radical (unpaired) electrons. The van der Waals surface area contributed by atoms with Crippen LogP contribution in [0.2, 0.25) is 0 Å². The van der Waals surface area contributed by atoms with Crippen molar-refractivity contribution in [1.29, 1.82) is 0 Å². The van der Waals surface area contributed by atoms with E-state index in [0.717, 1.165) is 0 Å². The molecule has 1 aromatic heterocycles. The zero-order chi connectivity index (χ0) is 11.8. The third-order valence-corrected chi connectivity index (χ3v) is 3.70. The molecule has 0 amide bonds. The second-order valence-electron chi connectivity index (χ2n) is 3.24. The maximum atomic E-state index is 13.3. The zero-order valence-electron chi connectivity index (χ0n) is 8.10. The van der Waals surface area contributed by atoms with Crippen LogP contribution in [0, 0.1) is 5.82 Å². The molecular weight excluding hydrogens is 251 g/mol. The summed E-state index contributed by atoms with van der Waals surface area (Å²) in [5.41, 5.74) is 0.716. The van der Waals surface area contributed by atoms with Crippen molar-refractivity contribution in [2.75, 3.05) is 0 Å². The molecule has 1 heterocycles. The van der Waals surface area contributed by atoms with Gasteiger partial charge >= 0.3 is 0 Å². The maximum Gasteiger partial charge on any atom is 0.274 e. The number of thiophene rings is 1. The Morgan fingerprint density at radius 3 is 2.88 bits per heavy atom. The van der Waals surface area contributed by atoms with Gasteiger partial charge in [-0.05, 0) is 22.4 Å². The lowest BCUT2D eigenvalue weighted by Crippen LogP contribution is -2.30. The van der Waals surface area contributed by atoms with Crippen LogP contribution in [-0.2, 0) is 16.8 Å². The van der Waals surface area contributed by atoms with Crippen LogP contribution in [-0.4, -0.2) is 8.42 Å². The number of rotatable bonds is 3. The van der Waals surface area contributed by atoms with Gasteiger partial charge in [-0.1, -0.05) is 12.1 Å². The minimum Gasteiger partial charge on any atom is -0.216 e. The molecule has 2 aromatic rings. The van der Waals surface area contributed by atoms with Crippen LogP contribution in [0.5, 0.6) is 0 Å². The molecule has 0 fully saturated rings. The summed E-state index contributed by atoms with van der Waals surface area (Å²) in [6.45, 7) is 0.0717. The van der Waals surface area contributed by atoms with Gasteiger partial charge in [0.1, 0.15) is 5.82 Å². The van der Waals surface area contributed by atoms with Crippen molar-refractivity contribution in [2.24, 2.45) is 5.14 Å². The molecule has 2 rings (SSSR count). The number of halogens is 1. The standard InChI is InChI=1S/C9H9FN2O2S2/c10-8-3-1-2-7-6(5-15-9(7)8)4-12-16(11,13)14/h1-3,5,12H,4H2,(H2,11,13,14). The summed E-state index contributed by atoms with van der Waals surface area (Å²) >= 11 is 1.24. The second-order valence-corrected chi connectivity index (χ2v) is 5.50. The highest BCUT2D eigenvalue weighted by Crippen LogP contribution is 2.28. The van der Waals surface area contributed by atoms with Crippen LogP contribution >= 0.6 is 11.3 Å². The zero-order valence-corrected chi connectivity index (χ0v) is 9.74. The normalized spacial score (nSPS) is 12.1. The van der Waals surface area contributed by atoms with Gasteiger partial charge in [-0.25, -0.2) is 9.53 Å². The molecule has 4 nitrogen and oxygen atoms in total. The summed E-state index contributed by atoms with van der Waals surface area (Å²) in [6, 6.07) is 4.70. The predicted molar refractivity (Wildman–Crippen MR) is 61.7 cm³/mol. The molecule has 0 bridgehead atoms. The van der Waals surface area contributed by atoms with E-state index in [9.17, 15) is 12.8 Å². The van der Waals surface area contributed by atoms with Crippen molar-refractivity contribution in [3.8, 4) is 0 Å². The Morgan fingerprint density at radius 2 is 2.19 bits per heavy atom. The van der Waals surface area contributed by atoms with Gasteiger partial charge in [-0.2, -0.15) is 13.1 Å². The highest BCUT2D eigenvalue weighted by molar-refractivity contribution is 7.87. The van der Waals surface area contributed by atoms with E-state index in [1.165, 1.54) is 17.4 Å². The largest absolute Gasteiger partial charge is 0.274 e. The van der Waals surface area contributed by atoms with Gasteiger partial charge in [0.05, 0.1) is 4.70 Å². The van der Waals surface area contributed by atoms with E-state index in [1.54, 1.807) is 17.5 Å². The monoisotopic (exact) mass is 260 g/mol. The molecule has 0 aliphatic carbocycles. The van der Waals surface area contributed by atoms with E-state index >= 15 is 0 Å². The van der Waals surface area contributed by atoms with Gasteiger partial charge in [-0.3, -0.25) is 0 Å². The SMILES string of the molecule is NS(=O)(=O)NCc1csc2c(F)cccc12. The third kappa shape index (κ3) is 2.38. The summed E-state index contributed by atoms with van der Waals surface area (Å²) in [6.07, 6.45) is 0. The van der Waals surface area contributed by atoms with Crippen LogP contribution < -0.4 is 9.86 Å². The minimum absolute atomic E-state index is 0.0717. The summed E-state index contributed by atoms with van der Waals surface area (Å²) < 4.78 is 37.5. The smallest absolute Gasteiger partial charge is 0.216 e. The second kappa shape index (κ2) is 4.10. The van der Waals surface area contributed by atoms with E-state index in [0.29, 0.717) is 15.6 Å². The van der Waals surface area contributed by atoms with Crippen molar-refractivity contribution in [3.05, 3.63) is 35.0 Å². The molecule has 0 aliphatic heterocycles. The molecule has 0 spiro atoms. The number of nitrogens with one attached hydrogen (secondary N) is 1. The Balaban J connectivity index is 2.36. The van der Waals surface area contributed by atoms with Crippen LogP contribution in [0.1, 0.15) is 5.56 Å². The highest BCUT2D eigenvalue weighted by Gasteiger charge is 2.09. The first kappa shape index (κ1) is 11.5. The minimum atomic E-state index is -3.72. The van der Waals surface area contributed by atoms with Gasteiger partial charge in [0.2, 0.25) is 0 Å². The Hall–Kier alpha value is -1.02. The van der Waals surface area contributed by atoms with E-state index in [1.807, 2.05) is 0 Å². The quantitative estimate of drug-likeness (QED) is 0.874. The lowest BCUT2D eigenvalue weighted by Gasteiger charge is -2.00. The van der Waals surface area contributed by atoms with E-state index in [4.69, 9.17) is 5.14 Å². The Morgan fingerprint density at radius 1 is 1.44 bits per heavy atom. The fourth-order valence-electron chi connectivity index (χ4n) is 1.39. The summed E-state index contributed by atoms with van der Waals surface area (Å²) in [4.78, 5) is 0. The van der Waals surface area contributed by atoms with E-state index < -0.39 is 10.2 Å². The average Bonchev–Trinajstić information content (AvgIpc) is 2.58. The Kier molecular flexibility index (Phi) is 2.94. The first-order valence-electron chi connectivity index (χ1n) is 4.39. The van der Waals surface area contributed by atoms with Gasteiger partial charge in [0.15, 0.2) is 0 Å². The van der Waals surface area contributed by atoms with E-state index in [-0.39, 0.29) is 12.4 Å². The molecule has 16 heavy (non-hydrogen) atoms. The fraction of sp³-hybridized carbons (Fsp3) is 0.111. The number of hydrogen-bond donors (Lipinski definition) is 2. The molecule has 1 aromatic carbocycles. The van der Waals surface area contributed by atoms with Crippen molar-refractivity contribution < 1.29 is 12.8 Å². The average molecular weight is 260 g/mol. The predicted octanol–water partition coefficient (Wildman–Crippen LogP) is 1.33. The van der Waals surface area contributed by atoms with Crippen molar-refractivity contribution >= 4 is 31.6 Å². The van der Waals surface area contributed by atoms with Crippen molar-refractivity contribution in [3.63, 3.8) is 0 Å². The summed E-state index contributed by atoms with van der Waals surface area (Å²) in [5, 5.41) is 7.24. The lowest BCUT2D eigenvalue weighted by atomic mass is 10.2. The van der Waals surface area contributed by atoms with Crippen molar-refractivity contribution in [2.45, 2.75) is 6.54 Å². The molecule has 0 saturated carbocycles. The maximum absolute atomic E-state index is 13.3. The molecule has 0 unspecified atom stereocenters. The van der Waals surface area contributed by atoms with E-state index in [2.05, 4.69) is 4.72 Å². The number of fused-ring (bicyclic) bond motifs is 1. The molecular formula is C9H9FN2O2S2. The Labute approximate surface area is 96.1 Å². The summed E-state index contributed by atoms with van der Waals surface area (Å²) in [7, 11) is -3.72. The summed E-state index contributed by atoms with van der Waals surface area (Å²) in [5.74, 6) is -0.302. The van der Waals surface area contributed by atoms with Crippen LogP contribution in [0.3, 0.4) is 0 Å². The van der Waals surface area contributed by atoms with Crippen molar-refractivity contribution in [1.82, 2.24) is 4.72 Å². The first-order chi connectivity index (χ1) is 7.47. The molecule has 0 aliphatic rings. The van der Waals surface area contributed by atoms with Crippen LogP contribution in [0.15, 0.2) is 23.6 Å². The molecule has 3 N–H and O–H groups in total. The molecule has 7 heteroatoms. The number of benzene rings is 1. The number of hydrogen-bond acceptors (Lipinski definition) is 3. The topological polar surface area (TPSA) is 72.2 Å². The highest BCUT2D eigenvalue weighted by atomic mass is 32.2. The van der Waals surface area contributed by atoms with Crippen LogP contribution in [0.4, 0.5) is 4.39 Å². The van der Waals surface area contributed by atoms with Gasteiger partial charge < -0.3 is 0 Å². The fourth-order valence-corrected chi connectivity index (χ4v) is 2.72. The molecule has 0 saturated heterocycles. The lowest BCUT2D eigenvalue weighted by molar-refractivity contribution is 0.583. The number of nitrogens with two attached hydrogens (primary N) is 1. The van der Waals surface area contributed by atoms with Gasteiger partial charge in [0, 0.05) is 6.54 Å². The van der Waals surface area contributed by atoms with Gasteiger partial charge in [0.25, 0.3) is 10.2 Å². The Bertz CT molecular complexity index is 621. The third-order valence-electron chi connectivity index (χ3n) is 2.10. The molecule has 86 valence electrons. The first-order valence-corrected chi connectivity index (χ1v) is 6.82.